The topological polar surface area (TPSA) is 96.3 Å². The van der Waals surface area contributed by atoms with Gasteiger partial charge in [-0.2, -0.15) is 0 Å². The van der Waals surface area contributed by atoms with Gasteiger partial charge in [0.15, 0.2) is 0 Å². The Bertz CT molecular complexity index is 701. The van der Waals surface area contributed by atoms with Crippen molar-refractivity contribution in [2.75, 3.05) is 26.0 Å². The van der Waals surface area contributed by atoms with Gasteiger partial charge in [0.1, 0.15) is 12.1 Å². The van der Waals surface area contributed by atoms with Crippen molar-refractivity contribution in [3.05, 3.63) is 29.8 Å². The molecule has 1 fully saturated rings. The van der Waals surface area contributed by atoms with Gasteiger partial charge in [-0.3, -0.25) is 9.36 Å². The number of unbranched alkanes of at least 4 members (excludes halogenated alkanes) is 7. The second kappa shape index (κ2) is 13.9. The van der Waals surface area contributed by atoms with Gasteiger partial charge in [0, 0.05) is 19.5 Å². The molecule has 1 heterocycles. The van der Waals surface area contributed by atoms with Crippen molar-refractivity contribution >= 4 is 13.5 Å². The van der Waals surface area contributed by atoms with Crippen LogP contribution in [0.1, 0.15) is 70.3 Å². The lowest BCUT2D eigenvalue weighted by molar-refractivity contribution is -0.143. The number of nitrogens with zero attached hydrogens (tertiary/aromatic N) is 1. The highest BCUT2D eigenvalue weighted by Crippen LogP contribution is 2.35. The molecule has 0 aliphatic carbocycles. The minimum Gasteiger partial charge on any atom is -0.494 e. The third-order valence-corrected chi connectivity index (χ3v) is 5.96. The average molecular weight is 456 g/mol. The number of benzene rings is 1. The molecular formula is C23H38NO6P. The van der Waals surface area contributed by atoms with Crippen molar-refractivity contribution in [3.8, 4) is 5.75 Å². The predicted octanol–water partition coefficient (Wildman–Crippen LogP) is 4.50. The van der Waals surface area contributed by atoms with Crippen molar-refractivity contribution < 1.29 is 28.6 Å². The van der Waals surface area contributed by atoms with Crippen molar-refractivity contribution in [3.63, 3.8) is 0 Å². The Hall–Kier alpha value is -1.40. The fraction of sp³-hybridized carbons (Fsp3) is 0.696. The highest BCUT2D eigenvalue weighted by atomic mass is 31.2. The summed E-state index contributed by atoms with van der Waals surface area (Å²) in [4.78, 5) is 31.6. The molecule has 1 aromatic carbocycles. The molecule has 8 heteroatoms. The Kier molecular flexibility index (Phi) is 11.6. The molecule has 0 bridgehead atoms. The van der Waals surface area contributed by atoms with E-state index in [1.165, 1.54) is 44.9 Å². The van der Waals surface area contributed by atoms with Crippen LogP contribution in [0.5, 0.6) is 5.75 Å². The first-order valence-corrected chi connectivity index (χ1v) is 13.3. The van der Waals surface area contributed by atoms with Gasteiger partial charge in [-0.1, -0.05) is 64.0 Å². The van der Waals surface area contributed by atoms with Crippen LogP contribution in [0.4, 0.5) is 0 Å². The zero-order valence-corrected chi connectivity index (χ0v) is 19.6. The minimum atomic E-state index is -4.16. The Morgan fingerprint density at radius 2 is 1.77 bits per heavy atom. The summed E-state index contributed by atoms with van der Waals surface area (Å²) >= 11 is 0. The largest absolute Gasteiger partial charge is 0.494 e. The van der Waals surface area contributed by atoms with Crippen LogP contribution < -0.4 is 4.74 Å². The van der Waals surface area contributed by atoms with E-state index in [0.717, 1.165) is 24.3 Å². The number of hydrogen-bond acceptors (Lipinski definition) is 4. The van der Waals surface area contributed by atoms with E-state index in [4.69, 9.17) is 19.3 Å². The van der Waals surface area contributed by atoms with E-state index >= 15 is 0 Å². The van der Waals surface area contributed by atoms with Gasteiger partial charge in [0.2, 0.25) is 5.91 Å². The highest BCUT2D eigenvalue weighted by Gasteiger charge is 2.32. The van der Waals surface area contributed by atoms with Gasteiger partial charge in [-0.25, -0.2) is 0 Å². The maximum Gasteiger partial charge on any atom is 0.350 e. The number of likely N-dealkylation sites (tertiary alicyclic amines) is 1. The summed E-state index contributed by atoms with van der Waals surface area (Å²) in [6.45, 7) is 3.74. The normalized spacial score (nSPS) is 14.5. The molecule has 0 saturated carbocycles. The van der Waals surface area contributed by atoms with Crippen LogP contribution in [0.3, 0.4) is 0 Å². The molecule has 2 rings (SSSR count). The number of hydrogen-bond donors (Lipinski definition) is 2. The molecule has 1 aliphatic heterocycles. The van der Waals surface area contributed by atoms with Crippen LogP contribution >= 0.6 is 7.60 Å². The van der Waals surface area contributed by atoms with Gasteiger partial charge in [0.25, 0.3) is 0 Å². The summed E-state index contributed by atoms with van der Waals surface area (Å²) in [5.41, 5.74) is 1.07. The highest BCUT2D eigenvalue weighted by molar-refractivity contribution is 7.51. The molecule has 0 atom stereocenters. The van der Waals surface area contributed by atoms with Gasteiger partial charge in [-0.15, -0.1) is 0 Å². The van der Waals surface area contributed by atoms with E-state index in [9.17, 15) is 9.36 Å². The summed E-state index contributed by atoms with van der Waals surface area (Å²) in [5, 5.41) is 0. The standard InChI is InChI=1S/C23H38NO6P/c1-2-3-4-5-6-7-8-9-15-29-21-12-10-11-20(16-21)13-14-23(25)24-17-22(18-24)30-19-31(26,27)28/h10-12,16,22H,2-9,13-15,17-19H2,1H3,(H2,26,27,28). The quantitative estimate of drug-likeness (QED) is 0.281. The van der Waals surface area contributed by atoms with E-state index in [0.29, 0.717) is 25.9 Å². The zero-order valence-electron chi connectivity index (χ0n) is 18.7. The maximum absolute atomic E-state index is 12.3. The van der Waals surface area contributed by atoms with Crippen molar-refractivity contribution in [2.24, 2.45) is 0 Å². The third kappa shape index (κ3) is 11.2. The molecule has 2 N–H and O–H groups in total. The smallest absolute Gasteiger partial charge is 0.350 e. The van der Waals surface area contributed by atoms with Crippen LogP contribution in [0, 0.1) is 0 Å². The first kappa shape index (κ1) is 25.9. The Morgan fingerprint density at radius 1 is 1.10 bits per heavy atom. The first-order valence-electron chi connectivity index (χ1n) is 11.5. The zero-order chi connectivity index (χ0) is 22.5. The molecule has 31 heavy (non-hydrogen) atoms. The van der Waals surface area contributed by atoms with E-state index in [-0.39, 0.29) is 12.0 Å². The molecule has 176 valence electrons. The summed E-state index contributed by atoms with van der Waals surface area (Å²) in [6, 6.07) is 7.91. The molecule has 7 nitrogen and oxygen atoms in total. The van der Waals surface area contributed by atoms with Crippen LogP contribution in [0.25, 0.3) is 0 Å². The SMILES string of the molecule is CCCCCCCCCCOc1cccc(CCC(=O)N2CC(OCP(=O)(O)O)C2)c1. The second-order valence-electron chi connectivity index (χ2n) is 8.35. The Balaban J connectivity index is 1.57. The summed E-state index contributed by atoms with van der Waals surface area (Å²) in [7, 11) is -4.16. The third-order valence-electron chi connectivity index (χ3n) is 5.47. The van der Waals surface area contributed by atoms with Gasteiger partial charge < -0.3 is 24.2 Å². The van der Waals surface area contributed by atoms with Crippen LogP contribution in [-0.4, -0.2) is 52.7 Å². The first-order chi connectivity index (χ1) is 14.9. The van der Waals surface area contributed by atoms with Crippen molar-refractivity contribution in [1.29, 1.82) is 0 Å². The summed E-state index contributed by atoms with van der Waals surface area (Å²) in [6.07, 6.45) is 10.3. The number of carbonyl (C=O) groups excluding carboxylic acids is 1. The molecule has 0 aromatic heterocycles. The fourth-order valence-electron chi connectivity index (χ4n) is 3.58. The lowest BCUT2D eigenvalue weighted by atomic mass is 10.1. The van der Waals surface area contributed by atoms with E-state index in [2.05, 4.69) is 6.92 Å². The van der Waals surface area contributed by atoms with E-state index in [1.54, 1.807) is 4.90 Å². The molecular weight excluding hydrogens is 417 g/mol. The molecule has 0 spiro atoms. The number of rotatable bonds is 16. The molecule has 1 amide bonds. The minimum absolute atomic E-state index is 0.0290. The van der Waals surface area contributed by atoms with E-state index < -0.39 is 13.9 Å². The molecule has 1 saturated heterocycles. The van der Waals surface area contributed by atoms with Crippen LogP contribution in [-0.2, 0) is 20.5 Å². The monoisotopic (exact) mass is 455 g/mol. The number of carbonyl (C=O) groups is 1. The van der Waals surface area contributed by atoms with Crippen LogP contribution in [0.15, 0.2) is 24.3 Å². The van der Waals surface area contributed by atoms with Gasteiger partial charge >= 0.3 is 7.60 Å². The van der Waals surface area contributed by atoms with Crippen molar-refractivity contribution in [2.45, 2.75) is 77.2 Å². The fourth-order valence-corrected chi connectivity index (χ4v) is 3.98. The molecule has 1 aliphatic rings. The number of ether oxygens (including phenoxy) is 2. The van der Waals surface area contributed by atoms with Crippen molar-refractivity contribution in [1.82, 2.24) is 4.90 Å². The Morgan fingerprint density at radius 3 is 2.45 bits per heavy atom. The summed E-state index contributed by atoms with van der Waals surface area (Å²) in [5.74, 6) is 0.879. The lowest BCUT2D eigenvalue weighted by Gasteiger charge is -2.39. The van der Waals surface area contributed by atoms with Gasteiger partial charge in [-0.05, 0) is 30.5 Å². The second-order valence-corrected chi connectivity index (χ2v) is 9.94. The van der Waals surface area contributed by atoms with Gasteiger partial charge in [0.05, 0.1) is 12.7 Å². The molecule has 1 aromatic rings. The lowest BCUT2D eigenvalue weighted by Crippen LogP contribution is -2.54. The van der Waals surface area contributed by atoms with Crippen LogP contribution in [0.2, 0.25) is 0 Å². The molecule has 0 unspecified atom stereocenters. The summed E-state index contributed by atoms with van der Waals surface area (Å²) < 4.78 is 21.8. The Labute approximate surface area is 186 Å². The average Bonchev–Trinajstić information content (AvgIpc) is 2.69. The predicted molar refractivity (Wildman–Crippen MR) is 121 cm³/mol. The van der Waals surface area contributed by atoms with E-state index in [1.807, 2.05) is 24.3 Å². The maximum atomic E-state index is 12.3. The number of aryl methyl sites for hydroxylation is 1. The molecule has 0 radical (unpaired) electrons. The number of amides is 1.